The topological polar surface area (TPSA) is 69.3 Å². The van der Waals surface area contributed by atoms with Gasteiger partial charge in [-0.05, 0) is 31.2 Å². The maximum absolute atomic E-state index is 5.84. The van der Waals surface area contributed by atoms with Gasteiger partial charge < -0.3 is 10.2 Å². The lowest BCUT2D eigenvalue weighted by atomic mass is 10.3. The fraction of sp³-hybridized carbons (Fsp3) is 0.231. The summed E-state index contributed by atoms with van der Waals surface area (Å²) in [6.45, 7) is 2.41. The van der Waals surface area contributed by atoms with E-state index in [1.807, 2.05) is 47.9 Å². The molecule has 0 aromatic carbocycles. The minimum atomic E-state index is 0.0429. The molecule has 0 spiro atoms. The van der Waals surface area contributed by atoms with Crippen molar-refractivity contribution in [2.24, 2.45) is 5.73 Å². The molecule has 2 N–H and O–H groups in total. The lowest BCUT2D eigenvalue weighted by Crippen LogP contribution is -2.09. The van der Waals surface area contributed by atoms with E-state index in [4.69, 9.17) is 10.2 Å². The van der Waals surface area contributed by atoms with E-state index in [2.05, 4.69) is 10.2 Å². The van der Waals surface area contributed by atoms with E-state index in [0.29, 0.717) is 6.54 Å². The molecule has 0 bridgehead atoms. The molecule has 1 unspecified atom stereocenters. The van der Waals surface area contributed by atoms with Crippen molar-refractivity contribution in [1.82, 2.24) is 14.6 Å². The Morgan fingerprint density at radius 2 is 2.21 bits per heavy atom. The van der Waals surface area contributed by atoms with Crippen LogP contribution >= 0.6 is 11.8 Å². The standard InChI is InChI=1S/C13H14N4OS/c1-9-5-6-10(18-9)11(8-14)19-13-16-15-12-4-2-3-7-17(12)13/h2-7,11H,8,14H2,1H3. The summed E-state index contributed by atoms with van der Waals surface area (Å²) in [5.74, 6) is 1.76. The number of hydrogen-bond donors (Lipinski definition) is 1. The molecule has 0 aliphatic carbocycles. The molecule has 0 saturated carbocycles. The third kappa shape index (κ3) is 2.36. The van der Waals surface area contributed by atoms with Gasteiger partial charge in [-0.1, -0.05) is 17.8 Å². The van der Waals surface area contributed by atoms with Crippen LogP contribution in [0.3, 0.4) is 0 Å². The van der Waals surface area contributed by atoms with Crippen LogP contribution in [0.2, 0.25) is 0 Å². The Morgan fingerprint density at radius 1 is 1.32 bits per heavy atom. The van der Waals surface area contributed by atoms with Gasteiger partial charge >= 0.3 is 0 Å². The number of aromatic nitrogens is 3. The predicted molar refractivity (Wildman–Crippen MR) is 74.1 cm³/mol. The van der Waals surface area contributed by atoms with Crippen molar-refractivity contribution in [2.75, 3.05) is 6.54 Å². The van der Waals surface area contributed by atoms with Crippen LogP contribution in [0, 0.1) is 6.92 Å². The van der Waals surface area contributed by atoms with Crippen LogP contribution in [-0.4, -0.2) is 21.1 Å². The first-order valence-electron chi connectivity index (χ1n) is 6.01. The molecule has 3 aromatic heterocycles. The highest BCUT2D eigenvalue weighted by Gasteiger charge is 2.18. The number of fused-ring (bicyclic) bond motifs is 1. The largest absolute Gasteiger partial charge is 0.465 e. The number of thioether (sulfide) groups is 1. The first-order valence-corrected chi connectivity index (χ1v) is 6.88. The molecule has 0 fully saturated rings. The fourth-order valence-corrected chi connectivity index (χ4v) is 2.83. The van der Waals surface area contributed by atoms with E-state index in [0.717, 1.165) is 22.3 Å². The Labute approximate surface area is 114 Å². The molecule has 3 heterocycles. The van der Waals surface area contributed by atoms with Gasteiger partial charge in [-0.15, -0.1) is 10.2 Å². The molecule has 98 valence electrons. The summed E-state index contributed by atoms with van der Waals surface area (Å²) in [5, 5.41) is 9.18. The predicted octanol–water partition coefficient (Wildman–Crippen LogP) is 2.42. The minimum absolute atomic E-state index is 0.0429. The average Bonchev–Trinajstić information content (AvgIpc) is 3.03. The fourth-order valence-electron chi connectivity index (χ4n) is 1.88. The van der Waals surface area contributed by atoms with Crippen molar-refractivity contribution in [2.45, 2.75) is 17.3 Å². The second-order valence-corrected chi connectivity index (χ2v) is 5.37. The second kappa shape index (κ2) is 5.07. The highest BCUT2D eigenvalue weighted by atomic mass is 32.2. The number of hydrogen-bond acceptors (Lipinski definition) is 5. The highest BCUT2D eigenvalue weighted by molar-refractivity contribution is 7.99. The van der Waals surface area contributed by atoms with E-state index in [1.165, 1.54) is 0 Å². The van der Waals surface area contributed by atoms with Crippen LogP contribution in [0.5, 0.6) is 0 Å². The molecular formula is C13H14N4OS. The van der Waals surface area contributed by atoms with Crippen molar-refractivity contribution < 1.29 is 4.42 Å². The van der Waals surface area contributed by atoms with Crippen molar-refractivity contribution >= 4 is 17.4 Å². The third-order valence-corrected chi connectivity index (χ3v) is 4.02. The highest BCUT2D eigenvalue weighted by Crippen LogP contribution is 2.34. The van der Waals surface area contributed by atoms with E-state index in [9.17, 15) is 0 Å². The third-order valence-electron chi connectivity index (χ3n) is 2.82. The van der Waals surface area contributed by atoms with Crippen molar-refractivity contribution in [1.29, 1.82) is 0 Å². The second-order valence-electron chi connectivity index (χ2n) is 4.20. The first kappa shape index (κ1) is 12.3. The summed E-state index contributed by atoms with van der Waals surface area (Å²) in [6, 6.07) is 9.72. The molecule has 0 aliphatic heterocycles. The van der Waals surface area contributed by atoms with Crippen LogP contribution in [0.1, 0.15) is 16.8 Å². The summed E-state index contributed by atoms with van der Waals surface area (Å²) < 4.78 is 7.59. The van der Waals surface area contributed by atoms with Gasteiger partial charge in [0.2, 0.25) is 0 Å². The number of pyridine rings is 1. The van der Waals surface area contributed by atoms with E-state index >= 15 is 0 Å². The maximum Gasteiger partial charge on any atom is 0.196 e. The molecular weight excluding hydrogens is 260 g/mol. The Hall–Kier alpha value is -1.79. The molecule has 3 rings (SSSR count). The van der Waals surface area contributed by atoms with Gasteiger partial charge in [0.25, 0.3) is 0 Å². The minimum Gasteiger partial charge on any atom is -0.465 e. The Morgan fingerprint density at radius 3 is 2.95 bits per heavy atom. The normalized spacial score (nSPS) is 12.9. The summed E-state index contributed by atoms with van der Waals surface area (Å²) in [6.07, 6.45) is 1.94. The summed E-state index contributed by atoms with van der Waals surface area (Å²) >= 11 is 1.56. The molecule has 0 aliphatic rings. The van der Waals surface area contributed by atoms with Crippen LogP contribution in [0.15, 0.2) is 46.1 Å². The molecule has 6 heteroatoms. The maximum atomic E-state index is 5.84. The molecule has 5 nitrogen and oxygen atoms in total. The lowest BCUT2D eigenvalue weighted by molar-refractivity contribution is 0.481. The Kier molecular flexibility index (Phi) is 3.27. The van der Waals surface area contributed by atoms with E-state index in [-0.39, 0.29) is 5.25 Å². The van der Waals surface area contributed by atoms with Crippen LogP contribution in [0.4, 0.5) is 0 Å². The molecule has 1 atom stereocenters. The summed E-state index contributed by atoms with van der Waals surface area (Å²) in [7, 11) is 0. The number of nitrogens with zero attached hydrogens (tertiary/aromatic N) is 3. The van der Waals surface area contributed by atoms with Crippen LogP contribution in [-0.2, 0) is 0 Å². The van der Waals surface area contributed by atoms with Gasteiger partial charge in [0.1, 0.15) is 11.5 Å². The molecule has 0 saturated heterocycles. The van der Waals surface area contributed by atoms with Gasteiger partial charge in [-0.25, -0.2) is 0 Å². The lowest BCUT2D eigenvalue weighted by Gasteiger charge is -2.10. The van der Waals surface area contributed by atoms with Gasteiger partial charge in [-0.3, -0.25) is 4.40 Å². The van der Waals surface area contributed by atoms with E-state index < -0.39 is 0 Å². The van der Waals surface area contributed by atoms with Crippen molar-refractivity contribution in [3.8, 4) is 0 Å². The summed E-state index contributed by atoms with van der Waals surface area (Å²) in [4.78, 5) is 0. The van der Waals surface area contributed by atoms with E-state index in [1.54, 1.807) is 11.8 Å². The number of rotatable bonds is 4. The molecule has 3 aromatic rings. The van der Waals surface area contributed by atoms with Crippen LogP contribution in [0.25, 0.3) is 5.65 Å². The Balaban J connectivity index is 1.90. The number of nitrogens with two attached hydrogens (primary N) is 1. The SMILES string of the molecule is Cc1ccc(C(CN)Sc2nnc3ccccn23)o1. The molecule has 0 radical (unpaired) electrons. The zero-order valence-corrected chi connectivity index (χ0v) is 11.3. The van der Waals surface area contributed by atoms with Gasteiger partial charge in [0, 0.05) is 12.7 Å². The van der Waals surface area contributed by atoms with Gasteiger partial charge in [0.15, 0.2) is 10.8 Å². The quantitative estimate of drug-likeness (QED) is 0.740. The van der Waals surface area contributed by atoms with Crippen LogP contribution < -0.4 is 5.73 Å². The zero-order chi connectivity index (χ0) is 13.2. The van der Waals surface area contributed by atoms with Gasteiger partial charge in [-0.2, -0.15) is 0 Å². The molecule has 19 heavy (non-hydrogen) atoms. The number of furan rings is 1. The first-order chi connectivity index (χ1) is 9.28. The van der Waals surface area contributed by atoms with Crippen molar-refractivity contribution in [3.05, 3.63) is 48.0 Å². The van der Waals surface area contributed by atoms with Crippen molar-refractivity contribution in [3.63, 3.8) is 0 Å². The molecule has 0 amide bonds. The smallest absolute Gasteiger partial charge is 0.196 e. The zero-order valence-electron chi connectivity index (χ0n) is 10.5. The number of aryl methyl sites for hydroxylation is 1. The monoisotopic (exact) mass is 274 g/mol. The summed E-state index contributed by atoms with van der Waals surface area (Å²) in [5.41, 5.74) is 6.67. The average molecular weight is 274 g/mol. The van der Waals surface area contributed by atoms with Gasteiger partial charge in [0.05, 0.1) is 5.25 Å². The Bertz CT molecular complexity index is 691.